The molecule has 0 aromatic heterocycles. The predicted octanol–water partition coefficient (Wildman–Crippen LogP) is 2.60. The zero-order chi connectivity index (χ0) is 8.10. The molecule has 0 aromatic rings. The highest BCUT2D eigenvalue weighted by Crippen LogP contribution is 2.33. The van der Waals surface area contributed by atoms with E-state index in [2.05, 4.69) is 12.7 Å². The van der Waals surface area contributed by atoms with Gasteiger partial charge in [-0.15, -0.1) is 11.6 Å². The number of hydrogen-bond donors (Lipinski definition) is 0. The monoisotopic (exact) mass is 194 g/mol. The molecule has 1 aliphatic heterocycles. The van der Waals surface area contributed by atoms with Gasteiger partial charge in [0.1, 0.15) is 0 Å². The molecule has 1 nitrogen and oxygen atoms in total. The normalized spacial score (nSPS) is 30.4. The zero-order valence-electron chi connectivity index (χ0n) is 6.98. The molecule has 1 rings (SSSR count). The van der Waals surface area contributed by atoms with E-state index in [1.807, 2.05) is 0 Å². The van der Waals surface area contributed by atoms with Gasteiger partial charge in [0.25, 0.3) is 0 Å². The highest BCUT2D eigenvalue weighted by Gasteiger charge is 2.09. The van der Waals surface area contributed by atoms with Crippen LogP contribution < -0.4 is 0 Å². The van der Waals surface area contributed by atoms with E-state index in [0.29, 0.717) is 0 Å². The third-order valence-corrected chi connectivity index (χ3v) is 4.45. The van der Waals surface area contributed by atoms with E-state index >= 15 is 0 Å². The quantitative estimate of drug-likeness (QED) is 0.380. The van der Waals surface area contributed by atoms with Crippen LogP contribution in [0.5, 0.6) is 0 Å². The van der Waals surface area contributed by atoms with Crippen LogP contribution in [0, 0.1) is 5.92 Å². The van der Waals surface area contributed by atoms with Crippen molar-refractivity contribution in [3.63, 3.8) is 0 Å². The fraction of sp³-hybridized carbons (Fsp3) is 0.875. The van der Waals surface area contributed by atoms with Crippen LogP contribution in [-0.4, -0.2) is 24.4 Å². The summed E-state index contributed by atoms with van der Waals surface area (Å²) in [6, 6.07) is 0. The van der Waals surface area contributed by atoms with E-state index in [9.17, 15) is 0 Å². The maximum Gasteiger partial charge on any atom is 0.0515 e. The molecule has 0 saturated carbocycles. The third-order valence-electron chi connectivity index (χ3n) is 1.88. The molecule has 0 spiro atoms. The molecule has 0 bridgehead atoms. The predicted molar refractivity (Wildman–Crippen MR) is 54.3 cm³/mol. The summed E-state index contributed by atoms with van der Waals surface area (Å²) in [5.74, 6) is 3.92. The van der Waals surface area contributed by atoms with Gasteiger partial charge in [0.2, 0.25) is 0 Å². The van der Waals surface area contributed by atoms with Gasteiger partial charge in [0, 0.05) is 5.88 Å². The Morgan fingerprint density at radius 1 is 1.73 bits per heavy atom. The van der Waals surface area contributed by atoms with Gasteiger partial charge in [-0.1, -0.05) is 12.7 Å². The maximum atomic E-state index is 5.68. The van der Waals surface area contributed by atoms with Crippen molar-refractivity contribution in [1.82, 2.24) is 0 Å². The van der Waals surface area contributed by atoms with Crippen molar-refractivity contribution in [3.05, 3.63) is 0 Å². The molecule has 66 valence electrons. The first-order valence-corrected chi connectivity index (χ1v) is 6.45. The SMILES string of the molecule is CC1C=[PH](OCCCCl)CC1. The topological polar surface area (TPSA) is 9.23 Å². The largest absolute Gasteiger partial charge is 0.365 e. The number of alkyl halides is 1. The van der Waals surface area contributed by atoms with Crippen LogP contribution in [0.2, 0.25) is 0 Å². The summed E-state index contributed by atoms with van der Waals surface area (Å²) >= 11 is 5.54. The number of rotatable bonds is 4. The average molecular weight is 195 g/mol. The van der Waals surface area contributed by atoms with Crippen molar-refractivity contribution in [2.45, 2.75) is 19.8 Å². The van der Waals surface area contributed by atoms with Gasteiger partial charge >= 0.3 is 0 Å². The van der Waals surface area contributed by atoms with E-state index < -0.39 is 7.77 Å². The minimum atomic E-state index is -0.517. The van der Waals surface area contributed by atoms with Gasteiger partial charge < -0.3 is 4.52 Å². The van der Waals surface area contributed by atoms with Crippen LogP contribution in [0.1, 0.15) is 19.8 Å². The molecule has 0 saturated heterocycles. The molecule has 2 atom stereocenters. The first-order chi connectivity index (χ1) is 5.33. The van der Waals surface area contributed by atoms with Crippen molar-refractivity contribution in [2.75, 3.05) is 18.6 Å². The average Bonchev–Trinajstić information content (AvgIpc) is 2.37. The van der Waals surface area contributed by atoms with Gasteiger partial charge in [-0.25, -0.2) is 0 Å². The van der Waals surface area contributed by atoms with Crippen LogP contribution in [0.15, 0.2) is 0 Å². The molecule has 0 aromatic carbocycles. The maximum absolute atomic E-state index is 5.68. The molecule has 0 N–H and O–H groups in total. The van der Waals surface area contributed by atoms with Crippen LogP contribution in [0.4, 0.5) is 0 Å². The van der Waals surface area contributed by atoms with E-state index in [1.165, 1.54) is 12.6 Å². The van der Waals surface area contributed by atoms with Crippen molar-refractivity contribution in [2.24, 2.45) is 5.92 Å². The Hall–Kier alpha value is 0.550. The van der Waals surface area contributed by atoms with Crippen molar-refractivity contribution in [3.8, 4) is 0 Å². The molecule has 0 fully saturated rings. The van der Waals surface area contributed by atoms with Gasteiger partial charge in [-0.05, 0) is 32.7 Å². The lowest BCUT2D eigenvalue weighted by Gasteiger charge is -2.02. The van der Waals surface area contributed by atoms with E-state index in [4.69, 9.17) is 16.1 Å². The highest BCUT2D eigenvalue weighted by molar-refractivity contribution is 7.52. The Bertz CT molecular complexity index is 147. The lowest BCUT2D eigenvalue weighted by molar-refractivity contribution is 0.361. The minimum Gasteiger partial charge on any atom is -0.365 e. The van der Waals surface area contributed by atoms with E-state index in [1.54, 1.807) is 0 Å². The lowest BCUT2D eigenvalue weighted by atomic mass is 10.2. The first kappa shape index (κ1) is 9.64. The van der Waals surface area contributed by atoms with E-state index in [-0.39, 0.29) is 0 Å². The summed E-state index contributed by atoms with van der Waals surface area (Å²) in [4.78, 5) is 0. The molecular formula is C8H16ClOP. The van der Waals surface area contributed by atoms with Crippen LogP contribution in [0.25, 0.3) is 0 Å². The summed E-state index contributed by atoms with van der Waals surface area (Å²) in [5, 5.41) is 0. The summed E-state index contributed by atoms with van der Waals surface area (Å²) < 4.78 is 5.68. The Morgan fingerprint density at radius 2 is 2.55 bits per heavy atom. The molecule has 1 heterocycles. The molecule has 2 unspecified atom stereocenters. The Morgan fingerprint density at radius 3 is 3.09 bits per heavy atom. The van der Waals surface area contributed by atoms with Gasteiger partial charge in [0.05, 0.1) is 6.61 Å². The smallest absolute Gasteiger partial charge is 0.0515 e. The molecule has 1 aliphatic rings. The second kappa shape index (κ2) is 5.24. The van der Waals surface area contributed by atoms with Gasteiger partial charge in [-0.2, -0.15) is 0 Å². The fourth-order valence-electron chi connectivity index (χ4n) is 1.23. The molecule has 0 amide bonds. The fourth-order valence-corrected chi connectivity index (χ4v) is 3.70. The summed E-state index contributed by atoms with van der Waals surface area (Å²) in [7, 11) is -0.517. The Kier molecular flexibility index (Phi) is 4.59. The van der Waals surface area contributed by atoms with E-state index in [0.717, 1.165) is 24.8 Å². The highest BCUT2D eigenvalue weighted by atomic mass is 35.5. The summed E-state index contributed by atoms with van der Waals surface area (Å²) in [5.41, 5.74) is 0. The molecule has 3 heteroatoms. The molecule has 0 aliphatic carbocycles. The minimum absolute atomic E-state index is 0.517. The Balaban J connectivity index is 2.12. The summed E-state index contributed by atoms with van der Waals surface area (Å²) in [6.45, 7) is 3.13. The van der Waals surface area contributed by atoms with Crippen LogP contribution in [0.3, 0.4) is 0 Å². The number of halogens is 1. The van der Waals surface area contributed by atoms with Gasteiger partial charge in [-0.3, -0.25) is 0 Å². The first-order valence-electron chi connectivity index (χ1n) is 4.22. The van der Waals surface area contributed by atoms with Crippen LogP contribution >= 0.6 is 19.4 Å². The molecular weight excluding hydrogens is 179 g/mol. The zero-order valence-corrected chi connectivity index (χ0v) is 8.73. The molecule has 0 radical (unpaired) electrons. The van der Waals surface area contributed by atoms with Gasteiger partial charge in [0.15, 0.2) is 0 Å². The second-order valence-corrected chi connectivity index (χ2v) is 5.47. The third kappa shape index (κ3) is 3.64. The lowest BCUT2D eigenvalue weighted by Crippen LogP contribution is -1.87. The van der Waals surface area contributed by atoms with Crippen molar-refractivity contribution >= 4 is 25.2 Å². The van der Waals surface area contributed by atoms with Crippen molar-refractivity contribution in [1.29, 1.82) is 0 Å². The second-order valence-electron chi connectivity index (χ2n) is 3.04. The molecule has 11 heavy (non-hydrogen) atoms. The standard InChI is InChI=1S/C8H16ClOP/c1-8-3-6-11(7-8)10-5-2-4-9/h7-8,11H,2-6H2,1H3. The van der Waals surface area contributed by atoms with Crippen LogP contribution in [-0.2, 0) is 4.52 Å². The summed E-state index contributed by atoms with van der Waals surface area (Å²) in [6.07, 6.45) is 3.63. The number of hydrogen-bond acceptors (Lipinski definition) is 1. The Labute approximate surface area is 74.5 Å². The van der Waals surface area contributed by atoms with Crippen molar-refractivity contribution < 1.29 is 4.52 Å².